The van der Waals surface area contributed by atoms with Gasteiger partial charge < -0.3 is 36.2 Å². The van der Waals surface area contributed by atoms with E-state index in [-0.39, 0.29) is 18.3 Å². The SMILES string of the molecule is NC(=O)CNCCOc1ccc(N2CCN(CCNc3nc(N)n4nc(-c5ccco5)nc4n3)CC2)c(F)c1. The molecule has 4 aromatic rings. The summed E-state index contributed by atoms with van der Waals surface area (Å²) in [5.74, 6) is 1.42. The molecule has 14 nitrogen and oxygen atoms in total. The first kappa shape index (κ1) is 26.1. The molecule has 0 atom stereocenters. The Labute approximate surface area is 223 Å². The van der Waals surface area contributed by atoms with Crippen LogP contribution in [0.1, 0.15) is 0 Å². The number of ether oxygens (including phenoxy) is 1. The van der Waals surface area contributed by atoms with Crippen LogP contribution in [0.15, 0.2) is 41.0 Å². The zero-order valence-electron chi connectivity index (χ0n) is 21.2. The van der Waals surface area contributed by atoms with E-state index in [1.165, 1.54) is 10.6 Å². The highest BCUT2D eigenvalue weighted by molar-refractivity contribution is 5.75. The van der Waals surface area contributed by atoms with Crippen LogP contribution in [0.5, 0.6) is 5.75 Å². The van der Waals surface area contributed by atoms with Crippen LogP contribution in [0.3, 0.4) is 0 Å². The number of piperazine rings is 1. The molecule has 6 N–H and O–H groups in total. The molecule has 5 rings (SSSR count). The third-order valence-corrected chi connectivity index (χ3v) is 6.17. The predicted molar refractivity (Wildman–Crippen MR) is 142 cm³/mol. The lowest BCUT2D eigenvalue weighted by atomic mass is 10.2. The van der Waals surface area contributed by atoms with E-state index in [9.17, 15) is 9.18 Å². The number of hydrogen-bond donors (Lipinski definition) is 4. The summed E-state index contributed by atoms with van der Waals surface area (Å²) in [4.78, 5) is 28.1. The van der Waals surface area contributed by atoms with E-state index < -0.39 is 5.91 Å². The van der Waals surface area contributed by atoms with Crippen LogP contribution < -0.4 is 31.7 Å². The number of carbonyl (C=O) groups excluding carboxylic acids is 1. The Morgan fingerprint density at radius 3 is 2.72 bits per heavy atom. The quantitative estimate of drug-likeness (QED) is 0.180. The number of nitrogens with zero attached hydrogens (tertiary/aromatic N) is 7. The fraction of sp³-hybridized carbons (Fsp3) is 0.375. The normalized spacial score (nSPS) is 14.1. The lowest BCUT2D eigenvalue weighted by Gasteiger charge is -2.36. The maximum atomic E-state index is 14.8. The molecule has 0 unspecified atom stereocenters. The number of carbonyl (C=O) groups is 1. The summed E-state index contributed by atoms with van der Waals surface area (Å²) in [5.41, 5.74) is 11.7. The summed E-state index contributed by atoms with van der Waals surface area (Å²) in [5, 5.41) is 10.3. The number of nitrogens with one attached hydrogen (secondary N) is 2. The Hall–Kier alpha value is -4.50. The van der Waals surface area contributed by atoms with Gasteiger partial charge in [-0.05, 0) is 24.3 Å². The number of rotatable bonds is 12. The van der Waals surface area contributed by atoms with E-state index in [0.717, 1.165) is 19.6 Å². The zero-order chi connectivity index (χ0) is 27.2. The fourth-order valence-electron chi connectivity index (χ4n) is 4.22. The standard InChI is InChI=1S/C24H30FN11O3/c25-17-14-16(38-13-6-28-15-20(26)37)3-4-18(17)35-10-8-34(9-11-35)7-5-29-23-31-22(27)36-24(32-23)30-21(33-36)19-2-1-12-39-19/h1-4,12,14,28H,5-11,13,15H2,(H2,26,37)(H3,27,29,30,31,32,33). The number of anilines is 3. The topological polar surface area (TPSA) is 178 Å². The van der Waals surface area contributed by atoms with E-state index in [1.807, 2.05) is 4.90 Å². The number of nitrogens with two attached hydrogens (primary N) is 2. The van der Waals surface area contributed by atoms with Crippen molar-refractivity contribution < 1.29 is 18.3 Å². The lowest BCUT2D eigenvalue weighted by Crippen LogP contribution is -2.48. The highest BCUT2D eigenvalue weighted by atomic mass is 19.1. The van der Waals surface area contributed by atoms with Crippen molar-refractivity contribution >= 4 is 29.3 Å². The molecule has 39 heavy (non-hydrogen) atoms. The van der Waals surface area contributed by atoms with Gasteiger partial charge in [0.05, 0.1) is 18.5 Å². The molecule has 0 saturated carbocycles. The number of primary amides is 1. The number of nitrogen functional groups attached to an aromatic ring is 1. The largest absolute Gasteiger partial charge is 0.492 e. The third kappa shape index (κ3) is 6.50. The summed E-state index contributed by atoms with van der Waals surface area (Å²) >= 11 is 0. The van der Waals surface area contributed by atoms with Gasteiger partial charge in [0.25, 0.3) is 5.78 Å². The van der Waals surface area contributed by atoms with Gasteiger partial charge in [-0.2, -0.15) is 19.5 Å². The summed E-state index contributed by atoms with van der Waals surface area (Å²) in [6.07, 6.45) is 1.54. The van der Waals surface area contributed by atoms with Crippen LogP contribution in [-0.4, -0.2) is 94.3 Å². The molecule has 1 aliphatic rings. The van der Waals surface area contributed by atoms with Crippen molar-refractivity contribution in [2.75, 3.05) is 74.9 Å². The zero-order valence-corrected chi connectivity index (χ0v) is 21.2. The summed E-state index contributed by atoms with van der Waals surface area (Å²) in [6.45, 7) is 5.12. The Morgan fingerprint density at radius 2 is 1.97 bits per heavy atom. The second-order valence-electron chi connectivity index (χ2n) is 8.89. The van der Waals surface area contributed by atoms with Crippen molar-refractivity contribution in [3.8, 4) is 17.3 Å². The summed E-state index contributed by atoms with van der Waals surface area (Å²) in [7, 11) is 0. The van der Waals surface area contributed by atoms with Gasteiger partial charge in [0.15, 0.2) is 5.76 Å². The second-order valence-corrected chi connectivity index (χ2v) is 8.89. The first-order chi connectivity index (χ1) is 19.0. The number of amides is 1. The van der Waals surface area contributed by atoms with Gasteiger partial charge in [-0.15, -0.1) is 5.10 Å². The molecule has 206 valence electrons. The first-order valence-corrected chi connectivity index (χ1v) is 12.5. The van der Waals surface area contributed by atoms with E-state index in [1.54, 1.807) is 30.5 Å². The molecule has 1 aliphatic heterocycles. The van der Waals surface area contributed by atoms with Crippen molar-refractivity contribution in [2.45, 2.75) is 0 Å². The number of halogens is 1. The minimum absolute atomic E-state index is 0.0772. The van der Waals surface area contributed by atoms with Gasteiger partial charge >= 0.3 is 0 Å². The van der Waals surface area contributed by atoms with Crippen molar-refractivity contribution in [3.05, 3.63) is 42.4 Å². The van der Waals surface area contributed by atoms with E-state index in [0.29, 0.717) is 67.5 Å². The minimum Gasteiger partial charge on any atom is -0.492 e. The maximum Gasteiger partial charge on any atom is 0.259 e. The molecule has 4 heterocycles. The predicted octanol–water partition coefficient (Wildman–Crippen LogP) is 0.188. The average Bonchev–Trinajstić information content (AvgIpc) is 3.60. The summed E-state index contributed by atoms with van der Waals surface area (Å²) in [6, 6.07) is 8.38. The molecule has 15 heteroatoms. The van der Waals surface area contributed by atoms with Crippen molar-refractivity contribution in [1.29, 1.82) is 0 Å². The number of fused-ring (bicyclic) bond motifs is 1. The number of furan rings is 1. The van der Waals surface area contributed by atoms with Crippen LogP contribution >= 0.6 is 0 Å². The maximum absolute atomic E-state index is 14.8. The smallest absolute Gasteiger partial charge is 0.259 e. The Kier molecular flexibility index (Phi) is 7.98. The Morgan fingerprint density at radius 1 is 1.13 bits per heavy atom. The second kappa shape index (κ2) is 11.9. The van der Waals surface area contributed by atoms with Gasteiger partial charge in [-0.3, -0.25) is 9.69 Å². The fourth-order valence-corrected chi connectivity index (χ4v) is 4.22. The van der Waals surface area contributed by atoms with E-state index >= 15 is 0 Å². The molecule has 0 radical (unpaired) electrons. The molecular weight excluding hydrogens is 509 g/mol. The van der Waals surface area contributed by atoms with Crippen LogP contribution in [0, 0.1) is 5.82 Å². The lowest BCUT2D eigenvalue weighted by molar-refractivity contribution is -0.117. The molecule has 1 aromatic carbocycles. The first-order valence-electron chi connectivity index (χ1n) is 12.5. The van der Waals surface area contributed by atoms with Gasteiger partial charge in [0.1, 0.15) is 18.2 Å². The molecule has 0 spiro atoms. The molecule has 0 bridgehead atoms. The van der Waals surface area contributed by atoms with Gasteiger partial charge in [-0.25, -0.2) is 4.39 Å². The van der Waals surface area contributed by atoms with E-state index in [2.05, 4.69) is 35.6 Å². The summed E-state index contributed by atoms with van der Waals surface area (Å²) < 4.78 is 27.0. The van der Waals surface area contributed by atoms with Crippen LogP contribution in [0.2, 0.25) is 0 Å². The van der Waals surface area contributed by atoms with Gasteiger partial charge in [0, 0.05) is 51.9 Å². The van der Waals surface area contributed by atoms with Crippen molar-refractivity contribution in [3.63, 3.8) is 0 Å². The number of hydrogen-bond acceptors (Lipinski definition) is 12. The molecule has 1 saturated heterocycles. The van der Waals surface area contributed by atoms with Crippen LogP contribution in [-0.2, 0) is 4.79 Å². The molecule has 1 fully saturated rings. The molecule has 1 amide bonds. The highest BCUT2D eigenvalue weighted by Crippen LogP contribution is 2.25. The van der Waals surface area contributed by atoms with Crippen molar-refractivity contribution in [1.82, 2.24) is 34.8 Å². The highest BCUT2D eigenvalue weighted by Gasteiger charge is 2.20. The molecule has 3 aromatic heterocycles. The Bertz CT molecular complexity index is 1400. The molecule has 0 aliphatic carbocycles. The minimum atomic E-state index is -0.438. The monoisotopic (exact) mass is 539 g/mol. The van der Waals surface area contributed by atoms with Crippen LogP contribution in [0.4, 0.5) is 22.0 Å². The van der Waals surface area contributed by atoms with Gasteiger partial charge in [0.2, 0.25) is 23.6 Å². The Balaban J connectivity index is 1.07. The number of aromatic nitrogens is 5. The average molecular weight is 540 g/mol. The number of benzene rings is 1. The van der Waals surface area contributed by atoms with Crippen molar-refractivity contribution in [2.24, 2.45) is 5.73 Å². The third-order valence-electron chi connectivity index (χ3n) is 6.17. The van der Waals surface area contributed by atoms with E-state index in [4.69, 9.17) is 20.6 Å². The van der Waals surface area contributed by atoms with Crippen LogP contribution in [0.25, 0.3) is 17.4 Å². The van der Waals surface area contributed by atoms with Gasteiger partial charge in [-0.1, -0.05) is 0 Å². The molecular formula is C24H30FN11O3.